The van der Waals surface area contributed by atoms with E-state index in [0.29, 0.717) is 32.9 Å². The van der Waals surface area contributed by atoms with Gasteiger partial charge in [-0.1, -0.05) is 47.7 Å². The third kappa shape index (κ3) is 5.91. The first-order valence-corrected chi connectivity index (χ1v) is 15.3. The number of benzene rings is 3. The maximum Gasteiger partial charge on any atom is 0.338 e. The van der Waals surface area contributed by atoms with Gasteiger partial charge >= 0.3 is 11.9 Å². The van der Waals surface area contributed by atoms with Gasteiger partial charge in [-0.25, -0.2) is 14.5 Å². The van der Waals surface area contributed by atoms with Gasteiger partial charge in [0.05, 0.1) is 46.7 Å². The molecule has 13 nitrogen and oxygen atoms in total. The second kappa shape index (κ2) is 12.9. The van der Waals surface area contributed by atoms with Crippen LogP contribution in [0.2, 0.25) is 0 Å². The van der Waals surface area contributed by atoms with Gasteiger partial charge in [-0.2, -0.15) is 5.10 Å². The molecule has 0 amide bonds. The summed E-state index contributed by atoms with van der Waals surface area (Å²) in [5, 5.41) is 16.3. The van der Waals surface area contributed by atoms with Crippen LogP contribution in [0.25, 0.3) is 23.0 Å². The van der Waals surface area contributed by atoms with Crippen molar-refractivity contribution in [2.45, 2.75) is 19.9 Å². The first-order valence-electron chi connectivity index (χ1n) is 14.5. The largest absolute Gasteiger partial charge is 0.493 e. The van der Waals surface area contributed by atoms with Crippen LogP contribution in [0.5, 0.6) is 11.5 Å². The molecule has 14 heteroatoms. The molecular weight excluding hydrogens is 638 g/mol. The number of hydrogen-bond donors (Lipinski definition) is 0. The Morgan fingerprint density at radius 3 is 2.48 bits per heavy atom. The van der Waals surface area contributed by atoms with Crippen molar-refractivity contribution in [2.75, 3.05) is 14.2 Å². The molecule has 0 aliphatic carbocycles. The lowest BCUT2D eigenvalue weighted by Gasteiger charge is -2.25. The molecule has 3 aromatic carbocycles. The molecule has 0 spiro atoms. The number of rotatable bonds is 8. The van der Waals surface area contributed by atoms with E-state index in [-0.39, 0.29) is 27.3 Å². The number of thiazole rings is 1. The number of aromatic nitrogens is 3. The van der Waals surface area contributed by atoms with Gasteiger partial charge in [0.1, 0.15) is 5.69 Å². The third-order valence-electron chi connectivity index (χ3n) is 7.56. The molecule has 0 unspecified atom stereocenters. The Labute approximate surface area is 276 Å². The van der Waals surface area contributed by atoms with Gasteiger partial charge < -0.3 is 14.2 Å². The van der Waals surface area contributed by atoms with Crippen LogP contribution >= 0.6 is 11.3 Å². The van der Waals surface area contributed by atoms with Crippen molar-refractivity contribution in [1.29, 1.82) is 0 Å². The van der Waals surface area contributed by atoms with E-state index < -0.39 is 28.5 Å². The Morgan fingerprint density at radius 2 is 1.79 bits per heavy atom. The van der Waals surface area contributed by atoms with Gasteiger partial charge in [-0.15, -0.1) is 0 Å². The van der Waals surface area contributed by atoms with Gasteiger partial charge in [-0.05, 0) is 42.8 Å². The number of para-hydroxylation sites is 1. The lowest BCUT2D eigenvalue weighted by molar-refractivity contribution is -0.384. The van der Waals surface area contributed by atoms with Crippen molar-refractivity contribution in [2.24, 2.45) is 4.99 Å². The summed E-state index contributed by atoms with van der Waals surface area (Å²) in [6.45, 7) is 2.92. The molecule has 1 atom stereocenters. The van der Waals surface area contributed by atoms with Crippen molar-refractivity contribution < 1.29 is 28.7 Å². The summed E-state index contributed by atoms with van der Waals surface area (Å²) in [4.78, 5) is 55.1. The Bertz CT molecular complexity index is 2320. The lowest BCUT2D eigenvalue weighted by Crippen LogP contribution is -2.39. The van der Waals surface area contributed by atoms with Crippen LogP contribution in [0.15, 0.2) is 100 Å². The minimum absolute atomic E-state index is 0.104. The Morgan fingerprint density at radius 1 is 1.02 bits per heavy atom. The molecule has 1 aliphatic rings. The predicted molar refractivity (Wildman–Crippen MR) is 176 cm³/mol. The molecule has 0 saturated heterocycles. The number of carbonyl (C=O) groups excluding carboxylic acids is 2. The highest BCUT2D eigenvalue weighted by molar-refractivity contribution is 7.07. The first kappa shape index (κ1) is 31.8. The van der Waals surface area contributed by atoms with Crippen LogP contribution in [0.1, 0.15) is 31.0 Å². The van der Waals surface area contributed by atoms with E-state index in [0.717, 1.165) is 17.0 Å². The number of nitro groups is 1. The number of nitrogens with zero attached hydrogens (tertiary/aromatic N) is 5. The molecule has 6 rings (SSSR count). The first-order chi connectivity index (χ1) is 23.1. The van der Waals surface area contributed by atoms with E-state index in [9.17, 15) is 24.5 Å². The van der Waals surface area contributed by atoms with E-state index in [1.807, 2.05) is 30.3 Å². The highest BCUT2D eigenvalue weighted by Crippen LogP contribution is 2.36. The summed E-state index contributed by atoms with van der Waals surface area (Å²) in [5.74, 6) is -0.819. The number of hydrogen-bond acceptors (Lipinski definition) is 11. The van der Waals surface area contributed by atoms with Gasteiger partial charge in [0.15, 0.2) is 16.3 Å². The summed E-state index contributed by atoms with van der Waals surface area (Å²) in [5.41, 5.74) is 2.62. The number of methoxy groups -OCH3 is 2. The average Bonchev–Trinajstić information content (AvgIpc) is 3.64. The molecule has 1 aliphatic heterocycles. The summed E-state index contributed by atoms with van der Waals surface area (Å²) in [6, 6.07) is 19.2. The van der Waals surface area contributed by atoms with Crippen molar-refractivity contribution in [3.05, 3.63) is 131 Å². The maximum atomic E-state index is 14.3. The van der Waals surface area contributed by atoms with Crippen molar-refractivity contribution in [3.8, 4) is 28.4 Å². The van der Waals surface area contributed by atoms with E-state index in [4.69, 9.17) is 19.3 Å². The molecule has 0 N–H and O–H groups in total. The molecule has 0 bridgehead atoms. The van der Waals surface area contributed by atoms with Crippen LogP contribution in [0.3, 0.4) is 0 Å². The fraction of sp³-hybridized carbons (Fsp3) is 0.147. The molecule has 2 aromatic heterocycles. The minimum atomic E-state index is -0.959. The molecule has 0 saturated carbocycles. The molecule has 5 aromatic rings. The number of ether oxygens (including phenoxy) is 3. The predicted octanol–water partition coefficient (Wildman–Crippen LogP) is 4.10. The Balaban J connectivity index is 1.57. The Kier molecular flexibility index (Phi) is 8.57. The van der Waals surface area contributed by atoms with Gasteiger partial charge in [0.25, 0.3) is 11.2 Å². The number of fused-ring (bicyclic) bond motifs is 1. The smallest absolute Gasteiger partial charge is 0.338 e. The lowest BCUT2D eigenvalue weighted by atomic mass is 9.95. The summed E-state index contributed by atoms with van der Waals surface area (Å²) < 4.78 is 19.2. The highest BCUT2D eigenvalue weighted by atomic mass is 32.1. The molecule has 3 heterocycles. The van der Waals surface area contributed by atoms with Crippen molar-refractivity contribution in [1.82, 2.24) is 14.3 Å². The zero-order valence-electron chi connectivity index (χ0n) is 26.1. The summed E-state index contributed by atoms with van der Waals surface area (Å²) in [7, 11) is 2.66. The number of esters is 2. The van der Waals surface area contributed by atoms with Crippen LogP contribution in [-0.4, -0.2) is 45.4 Å². The third-order valence-corrected chi connectivity index (χ3v) is 8.55. The van der Waals surface area contributed by atoms with Gasteiger partial charge in [-0.3, -0.25) is 24.3 Å². The normalized spacial score (nSPS) is 14.2. The maximum absolute atomic E-state index is 14.3. The van der Waals surface area contributed by atoms with Crippen LogP contribution in [0.4, 0.5) is 5.69 Å². The van der Waals surface area contributed by atoms with E-state index in [1.54, 1.807) is 48.1 Å². The summed E-state index contributed by atoms with van der Waals surface area (Å²) >= 11 is 1.11. The zero-order chi connectivity index (χ0) is 34.1. The zero-order valence-corrected chi connectivity index (χ0v) is 26.9. The van der Waals surface area contributed by atoms with E-state index in [1.165, 1.54) is 43.9 Å². The summed E-state index contributed by atoms with van der Waals surface area (Å²) in [6.07, 6.45) is 3.39. The molecule has 0 fully saturated rings. The quantitative estimate of drug-likeness (QED) is 0.103. The van der Waals surface area contributed by atoms with Crippen LogP contribution in [0, 0.1) is 10.1 Å². The van der Waals surface area contributed by atoms with Crippen LogP contribution < -0.4 is 24.4 Å². The average molecular weight is 666 g/mol. The molecular formula is C34H27N5O8S. The topological polar surface area (TPSA) is 157 Å². The number of nitro benzene ring substituents is 1. The van der Waals surface area contributed by atoms with Crippen molar-refractivity contribution >= 4 is 35.0 Å². The fourth-order valence-electron chi connectivity index (χ4n) is 5.44. The standard InChI is InChI=1S/C34H27N5O8S/c1-19-29(33(42)46-4)31(22-13-14-26(47-20(2)40)27(16-22)45-3)38-32(41)28(48-34(38)35-19)17-23-18-37(24-10-6-5-7-11-24)36-30(23)21-9-8-12-25(15-21)39(43)44/h5-18,31H,1-4H3/b28-17+/t31-/m1/s1. The number of non-ortho nitro benzene ring substituents is 1. The minimum Gasteiger partial charge on any atom is -0.493 e. The van der Waals surface area contributed by atoms with Gasteiger partial charge in [0, 0.05) is 36.4 Å². The van der Waals surface area contributed by atoms with Crippen molar-refractivity contribution in [3.63, 3.8) is 0 Å². The van der Waals surface area contributed by atoms with E-state index >= 15 is 0 Å². The molecule has 242 valence electrons. The fourth-order valence-corrected chi connectivity index (χ4v) is 6.48. The Hall–Kier alpha value is -6.15. The monoisotopic (exact) mass is 665 g/mol. The SMILES string of the molecule is COC(=O)C1=C(C)N=c2s/c(=C/c3cn(-c4ccccc4)nc3-c3cccc([N+](=O)[O-])c3)c(=O)n2[C@@H]1c1ccc(OC(C)=O)c(OC)c1. The molecule has 48 heavy (non-hydrogen) atoms. The highest BCUT2D eigenvalue weighted by Gasteiger charge is 2.34. The van der Waals surface area contributed by atoms with E-state index in [2.05, 4.69) is 4.99 Å². The second-order valence-electron chi connectivity index (χ2n) is 10.6. The second-order valence-corrected chi connectivity index (χ2v) is 11.6. The van der Waals surface area contributed by atoms with Crippen LogP contribution in [-0.2, 0) is 14.3 Å². The number of allylic oxidation sites excluding steroid dienone is 1. The number of carbonyl (C=O) groups is 2. The molecule has 0 radical (unpaired) electrons. The van der Waals surface area contributed by atoms with Gasteiger partial charge in [0.2, 0.25) is 0 Å².